The van der Waals surface area contributed by atoms with Gasteiger partial charge in [0.25, 0.3) is 0 Å². The van der Waals surface area contributed by atoms with Crippen molar-refractivity contribution < 1.29 is 14.3 Å². The summed E-state index contributed by atoms with van der Waals surface area (Å²) in [5.74, 6) is 1.28. The zero-order valence-electron chi connectivity index (χ0n) is 15.6. The van der Waals surface area contributed by atoms with Gasteiger partial charge in [-0.3, -0.25) is 4.79 Å². The molecule has 0 amide bonds. The van der Waals surface area contributed by atoms with E-state index in [1.54, 1.807) is 0 Å². The van der Waals surface area contributed by atoms with Gasteiger partial charge in [-0.15, -0.1) is 0 Å². The van der Waals surface area contributed by atoms with E-state index in [1.807, 2.05) is 54.6 Å². The van der Waals surface area contributed by atoms with E-state index in [-0.39, 0.29) is 28.6 Å². The first kappa shape index (κ1) is 17.5. The lowest BCUT2D eigenvalue weighted by atomic mass is 9.89. The van der Waals surface area contributed by atoms with Crippen molar-refractivity contribution >= 4 is 5.97 Å². The van der Waals surface area contributed by atoms with Gasteiger partial charge in [-0.1, -0.05) is 58.0 Å². The highest BCUT2D eigenvalue weighted by Crippen LogP contribution is 2.73. The summed E-state index contributed by atoms with van der Waals surface area (Å²) in [6.07, 6.45) is 0. The van der Waals surface area contributed by atoms with E-state index < -0.39 is 0 Å². The molecule has 1 saturated carbocycles. The maximum Gasteiger partial charge on any atom is 0.313 e. The molecule has 1 aliphatic rings. The normalized spacial score (nSPS) is 19.1. The molecule has 0 aliphatic heterocycles. The van der Waals surface area contributed by atoms with E-state index in [4.69, 9.17) is 9.47 Å². The number of carbonyl (C=O) groups excluding carboxylic acids is 1. The lowest BCUT2D eigenvalue weighted by Gasteiger charge is -2.18. The Labute approximate surface area is 150 Å². The SMILES string of the molecule is COC(=O)C(c1cccc(Oc2ccccc2)c1)C1C(C)(C)C1(C)C. The Morgan fingerprint density at radius 2 is 1.52 bits per heavy atom. The van der Waals surface area contributed by atoms with Crippen molar-refractivity contribution in [2.24, 2.45) is 16.7 Å². The van der Waals surface area contributed by atoms with Gasteiger partial charge in [0, 0.05) is 0 Å². The summed E-state index contributed by atoms with van der Waals surface area (Å²) in [6.45, 7) is 8.88. The van der Waals surface area contributed by atoms with Gasteiger partial charge < -0.3 is 9.47 Å². The number of para-hydroxylation sites is 1. The third-order valence-electron chi connectivity index (χ3n) is 6.12. The summed E-state index contributed by atoms with van der Waals surface area (Å²) < 4.78 is 11.1. The van der Waals surface area contributed by atoms with Crippen molar-refractivity contribution in [1.29, 1.82) is 0 Å². The topological polar surface area (TPSA) is 35.5 Å². The number of ether oxygens (including phenoxy) is 2. The van der Waals surface area contributed by atoms with Crippen LogP contribution in [-0.4, -0.2) is 13.1 Å². The van der Waals surface area contributed by atoms with Gasteiger partial charge >= 0.3 is 5.97 Å². The molecule has 0 bridgehead atoms. The third-order valence-corrected chi connectivity index (χ3v) is 6.12. The van der Waals surface area contributed by atoms with E-state index in [9.17, 15) is 4.79 Å². The van der Waals surface area contributed by atoms with E-state index in [0.717, 1.165) is 17.1 Å². The van der Waals surface area contributed by atoms with Crippen LogP contribution in [0.25, 0.3) is 0 Å². The molecule has 3 nitrogen and oxygen atoms in total. The van der Waals surface area contributed by atoms with Crippen molar-refractivity contribution in [3.8, 4) is 11.5 Å². The first-order valence-electron chi connectivity index (χ1n) is 8.69. The van der Waals surface area contributed by atoms with Gasteiger partial charge in [0.1, 0.15) is 11.5 Å². The largest absolute Gasteiger partial charge is 0.469 e. The third kappa shape index (κ3) is 3.04. The van der Waals surface area contributed by atoms with Crippen molar-refractivity contribution in [2.75, 3.05) is 7.11 Å². The maximum atomic E-state index is 12.6. The number of hydrogen-bond donors (Lipinski definition) is 0. The fraction of sp³-hybridized carbons (Fsp3) is 0.409. The number of esters is 1. The molecular formula is C22H26O3. The minimum Gasteiger partial charge on any atom is -0.469 e. The molecule has 132 valence electrons. The molecule has 3 rings (SSSR count). The van der Waals surface area contributed by atoms with E-state index in [0.29, 0.717) is 0 Å². The van der Waals surface area contributed by atoms with Gasteiger partial charge in [0.15, 0.2) is 0 Å². The standard InChI is InChI=1S/C22H26O3/c1-21(2)19(22(21,3)4)18(20(23)24-5)15-10-9-13-17(14-15)25-16-11-7-6-8-12-16/h6-14,18-19H,1-5H3. The predicted molar refractivity (Wildman–Crippen MR) is 98.8 cm³/mol. The quantitative estimate of drug-likeness (QED) is 0.683. The highest BCUT2D eigenvalue weighted by Gasteiger charge is 2.68. The Kier molecular flexibility index (Phi) is 4.36. The summed E-state index contributed by atoms with van der Waals surface area (Å²) in [4.78, 5) is 12.6. The van der Waals surface area contributed by atoms with Crippen molar-refractivity contribution in [1.82, 2.24) is 0 Å². The van der Waals surface area contributed by atoms with E-state index >= 15 is 0 Å². The Hall–Kier alpha value is -2.29. The highest BCUT2D eigenvalue weighted by atomic mass is 16.5. The lowest BCUT2D eigenvalue weighted by molar-refractivity contribution is -0.143. The van der Waals surface area contributed by atoms with E-state index in [1.165, 1.54) is 7.11 Å². The maximum absolute atomic E-state index is 12.6. The van der Waals surface area contributed by atoms with Crippen LogP contribution >= 0.6 is 0 Å². The second kappa shape index (κ2) is 6.21. The van der Waals surface area contributed by atoms with Crippen LogP contribution in [0.15, 0.2) is 54.6 Å². The van der Waals surface area contributed by atoms with Gasteiger partial charge in [-0.25, -0.2) is 0 Å². The van der Waals surface area contributed by atoms with Crippen molar-refractivity contribution in [3.05, 3.63) is 60.2 Å². The first-order valence-corrected chi connectivity index (χ1v) is 8.69. The number of methoxy groups -OCH3 is 1. The Bertz CT molecular complexity index is 748. The minimum absolute atomic E-state index is 0.0855. The number of carbonyl (C=O) groups is 1. The van der Waals surface area contributed by atoms with Gasteiger partial charge in [-0.05, 0) is 46.6 Å². The molecule has 1 fully saturated rings. The average molecular weight is 338 g/mol. The van der Waals surface area contributed by atoms with Crippen molar-refractivity contribution in [3.63, 3.8) is 0 Å². The number of hydrogen-bond acceptors (Lipinski definition) is 3. The molecule has 1 aliphatic carbocycles. The summed E-state index contributed by atoms with van der Waals surface area (Å²) >= 11 is 0. The van der Waals surface area contributed by atoms with E-state index in [2.05, 4.69) is 27.7 Å². The Balaban J connectivity index is 1.92. The molecule has 2 aromatic rings. The van der Waals surface area contributed by atoms with Gasteiger partial charge in [0.05, 0.1) is 13.0 Å². The zero-order chi connectivity index (χ0) is 18.2. The second-order valence-corrected chi connectivity index (χ2v) is 7.91. The lowest BCUT2D eigenvalue weighted by Crippen LogP contribution is -2.19. The summed E-state index contributed by atoms with van der Waals surface area (Å²) in [5.41, 5.74) is 1.12. The molecule has 0 heterocycles. The minimum atomic E-state index is -0.283. The molecule has 0 radical (unpaired) electrons. The molecule has 0 spiro atoms. The monoisotopic (exact) mass is 338 g/mol. The summed E-state index contributed by atoms with van der Waals surface area (Å²) in [5, 5.41) is 0. The molecule has 3 heteroatoms. The molecule has 1 unspecified atom stereocenters. The number of benzene rings is 2. The van der Waals surface area contributed by atoms with Crippen LogP contribution in [0.3, 0.4) is 0 Å². The Morgan fingerprint density at radius 3 is 2.08 bits per heavy atom. The second-order valence-electron chi connectivity index (χ2n) is 7.91. The molecular weight excluding hydrogens is 312 g/mol. The molecule has 0 aromatic heterocycles. The average Bonchev–Trinajstić information content (AvgIpc) is 2.99. The summed E-state index contributed by atoms with van der Waals surface area (Å²) in [6, 6.07) is 17.4. The van der Waals surface area contributed by atoms with Gasteiger partial charge in [0.2, 0.25) is 0 Å². The zero-order valence-corrected chi connectivity index (χ0v) is 15.6. The molecule has 2 aromatic carbocycles. The van der Waals surface area contributed by atoms with Crippen LogP contribution in [-0.2, 0) is 9.53 Å². The highest BCUT2D eigenvalue weighted by molar-refractivity contribution is 5.80. The van der Waals surface area contributed by atoms with Crippen LogP contribution < -0.4 is 4.74 Å². The Morgan fingerprint density at radius 1 is 0.920 bits per heavy atom. The van der Waals surface area contributed by atoms with Crippen LogP contribution in [0.2, 0.25) is 0 Å². The predicted octanol–water partition coefficient (Wildman–Crippen LogP) is 5.42. The molecule has 25 heavy (non-hydrogen) atoms. The van der Waals surface area contributed by atoms with Gasteiger partial charge in [-0.2, -0.15) is 0 Å². The van der Waals surface area contributed by atoms with Crippen LogP contribution in [0.5, 0.6) is 11.5 Å². The first-order chi connectivity index (χ1) is 11.8. The molecule has 1 atom stereocenters. The summed E-state index contributed by atoms with van der Waals surface area (Å²) in [7, 11) is 1.46. The van der Waals surface area contributed by atoms with Crippen LogP contribution in [0, 0.1) is 16.7 Å². The number of rotatable bonds is 5. The smallest absolute Gasteiger partial charge is 0.313 e. The fourth-order valence-electron chi connectivity index (χ4n) is 4.07. The van der Waals surface area contributed by atoms with Crippen LogP contribution in [0.1, 0.15) is 39.2 Å². The fourth-order valence-corrected chi connectivity index (χ4v) is 4.07. The molecule has 0 saturated heterocycles. The van der Waals surface area contributed by atoms with Crippen molar-refractivity contribution in [2.45, 2.75) is 33.6 Å². The van der Waals surface area contributed by atoms with Crippen LogP contribution in [0.4, 0.5) is 0 Å². The molecule has 0 N–H and O–H groups in total.